The van der Waals surface area contributed by atoms with Crippen LogP contribution >= 0.6 is 11.8 Å². The Morgan fingerprint density at radius 2 is 1.21 bits per heavy atom. The van der Waals surface area contributed by atoms with Crippen LogP contribution < -0.4 is 0 Å². The van der Waals surface area contributed by atoms with Crippen LogP contribution in [0.5, 0.6) is 0 Å². The zero-order chi connectivity index (χ0) is 29.2. The highest BCUT2D eigenvalue weighted by Crippen LogP contribution is 2.35. The number of thioether (sulfide) groups is 1. The van der Waals surface area contributed by atoms with Gasteiger partial charge in [-0.15, -0.1) is 11.8 Å². The lowest BCUT2D eigenvalue weighted by Gasteiger charge is -2.01. The van der Waals surface area contributed by atoms with Crippen LogP contribution in [-0.4, -0.2) is 51.5 Å². The van der Waals surface area contributed by atoms with Crippen LogP contribution in [0.3, 0.4) is 0 Å². The summed E-state index contributed by atoms with van der Waals surface area (Å²) in [6.07, 6.45) is 7.03. The fourth-order valence-corrected chi connectivity index (χ4v) is 5.46. The third-order valence-corrected chi connectivity index (χ3v) is 7.60. The maximum absolute atomic E-state index is 10.5. The van der Waals surface area contributed by atoms with Crippen molar-refractivity contribution in [2.24, 2.45) is 9.98 Å². The first-order valence-electron chi connectivity index (χ1n) is 12.8. The van der Waals surface area contributed by atoms with E-state index in [0.29, 0.717) is 56.6 Å². The van der Waals surface area contributed by atoms with Crippen LogP contribution in [0.2, 0.25) is 0 Å². The second kappa shape index (κ2) is 9.52. The molecule has 0 amide bonds. The maximum Gasteiger partial charge on any atom is 0.249 e. The molecule has 6 aromatic heterocycles. The number of aryl methyl sites for hydroxylation is 1. The molecule has 0 fully saturated rings. The number of aromatic nitrogens is 6. The molecule has 0 radical (unpaired) electrons. The van der Waals surface area contributed by atoms with E-state index in [-0.39, 0.29) is 52.6 Å². The fraction of sp³-hybridized carbons (Fsp3) is 0.185. The maximum atomic E-state index is 10.5. The highest BCUT2D eigenvalue weighted by molar-refractivity contribution is 8.14. The van der Waals surface area contributed by atoms with E-state index < -0.39 is 0 Å². The molecule has 1 atom stereocenters. The molecule has 6 aromatic rings. The van der Waals surface area contributed by atoms with Gasteiger partial charge in [0.25, 0.3) is 0 Å². The molecule has 43 heavy (non-hydrogen) atoms. The minimum atomic E-state index is -0.347. The predicted octanol–water partition coefficient (Wildman–Crippen LogP) is 5.89. The Kier molecular flexibility index (Phi) is 5.58. The molecule has 1 N–H and O–H groups in total. The summed E-state index contributed by atoms with van der Waals surface area (Å²) in [6, 6.07) is -0.347. The van der Waals surface area contributed by atoms with Crippen molar-refractivity contribution in [1.29, 1.82) is 0 Å². The Hall–Kier alpha value is -5.51. The summed E-state index contributed by atoms with van der Waals surface area (Å²) in [5.74, 6) is 2.27. The quantitative estimate of drug-likeness (QED) is 0.203. The van der Waals surface area contributed by atoms with E-state index in [1.807, 2.05) is 0 Å². The number of aliphatic hydroxyl groups excluding tert-OH is 1. The van der Waals surface area contributed by atoms with Crippen molar-refractivity contribution in [3.8, 4) is 46.3 Å². The van der Waals surface area contributed by atoms with Crippen molar-refractivity contribution in [1.82, 2.24) is 29.9 Å². The average molecular weight is 599 g/mol. The lowest BCUT2D eigenvalue weighted by atomic mass is 10.2. The van der Waals surface area contributed by atoms with E-state index in [0.717, 1.165) is 0 Å². The number of hydrogen-bond donors (Lipinski definition) is 1. The number of aliphatic imine (C=N–C) groups is 2. The molecule has 0 aliphatic carbocycles. The van der Waals surface area contributed by atoms with Crippen molar-refractivity contribution in [3.63, 3.8) is 0 Å². The van der Waals surface area contributed by atoms with E-state index in [2.05, 4.69) is 34.9 Å². The zero-order valence-corrected chi connectivity index (χ0v) is 23.4. The zero-order valence-electron chi connectivity index (χ0n) is 22.6. The van der Waals surface area contributed by atoms with E-state index in [4.69, 9.17) is 31.5 Å². The van der Waals surface area contributed by atoms with E-state index in [9.17, 15) is 5.11 Å². The largest absolute Gasteiger partial charge is 0.510 e. The van der Waals surface area contributed by atoms with Crippen LogP contribution in [-0.2, 0) is 0 Å². The Balaban J connectivity index is 1.25. The molecule has 2 aliphatic rings. The second-order valence-corrected chi connectivity index (χ2v) is 10.5. The molecule has 0 spiro atoms. The van der Waals surface area contributed by atoms with Crippen molar-refractivity contribution in [2.75, 3.05) is 5.75 Å². The number of fused-ring (bicyclic) bond motifs is 19. The molecule has 8 heterocycles. The number of allylic oxidation sites excluding steroid dienone is 1. The summed E-state index contributed by atoms with van der Waals surface area (Å²) >= 11 is 1.51. The Morgan fingerprint density at radius 1 is 0.721 bits per heavy atom. The number of nitrogens with zero attached hydrogens (tertiary/aromatic N) is 8. The topological polar surface area (TPSA) is 201 Å². The van der Waals surface area contributed by atoms with Gasteiger partial charge in [-0.05, 0) is 20.8 Å². The van der Waals surface area contributed by atoms with Gasteiger partial charge in [-0.1, -0.05) is 0 Å². The van der Waals surface area contributed by atoms with Crippen molar-refractivity contribution in [3.05, 3.63) is 66.0 Å². The third-order valence-electron chi connectivity index (χ3n) is 6.53. The van der Waals surface area contributed by atoms with Gasteiger partial charge in [-0.25, -0.2) is 34.9 Å². The summed E-state index contributed by atoms with van der Waals surface area (Å²) in [5, 5.41) is 11.1. The number of rotatable bonds is 0. The first-order chi connectivity index (χ1) is 20.9. The molecule has 1 unspecified atom stereocenters. The van der Waals surface area contributed by atoms with Gasteiger partial charge < -0.3 is 31.6 Å². The van der Waals surface area contributed by atoms with Gasteiger partial charge in [0, 0.05) is 5.75 Å². The lowest BCUT2D eigenvalue weighted by Crippen LogP contribution is -2.01. The van der Waals surface area contributed by atoms with Crippen LogP contribution in [0, 0.1) is 6.92 Å². The molecular formula is C27H18N8O7S. The van der Waals surface area contributed by atoms with Gasteiger partial charge >= 0.3 is 0 Å². The highest BCUT2D eigenvalue weighted by atomic mass is 32.2. The van der Waals surface area contributed by atoms with Gasteiger partial charge in [0.05, 0.1) is 5.71 Å². The average Bonchev–Trinajstić information content (AvgIpc) is 3.84. The number of hydrogen-bond acceptors (Lipinski definition) is 16. The van der Waals surface area contributed by atoms with Gasteiger partial charge in [0.1, 0.15) is 65.3 Å². The minimum absolute atomic E-state index is 0.0523. The van der Waals surface area contributed by atoms with Gasteiger partial charge in [0.15, 0.2) is 28.5 Å². The van der Waals surface area contributed by atoms with Crippen LogP contribution in [0.4, 0.5) is 0 Å². The molecule has 0 saturated heterocycles. The Morgan fingerprint density at radius 3 is 1.77 bits per heavy atom. The molecule has 2 aliphatic heterocycles. The van der Waals surface area contributed by atoms with Crippen LogP contribution in [0.1, 0.15) is 48.8 Å². The minimum Gasteiger partial charge on any atom is -0.510 e. The predicted molar refractivity (Wildman–Crippen MR) is 149 cm³/mol. The first-order valence-corrected chi connectivity index (χ1v) is 13.8. The van der Waals surface area contributed by atoms with E-state index in [1.54, 1.807) is 13.8 Å². The molecule has 14 bridgehead atoms. The summed E-state index contributed by atoms with van der Waals surface area (Å²) in [4.78, 5) is 36.3. The summed E-state index contributed by atoms with van der Waals surface area (Å²) in [5.41, 5.74) is 2.92. The second-order valence-electron chi connectivity index (χ2n) is 9.54. The Labute approximate surface area is 244 Å². The Bertz CT molecular complexity index is 2120. The molecule has 15 nitrogen and oxygen atoms in total. The van der Waals surface area contributed by atoms with Crippen molar-refractivity contribution >= 4 is 28.2 Å². The molecule has 8 rings (SSSR count). The van der Waals surface area contributed by atoms with Crippen LogP contribution in [0.25, 0.3) is 52.0 Å². The monoisotopic (exact) mass is 598 g/mol. The van der Waals surface area contributed by atoms with Gasteiger partial charge in [-0.2, -0.15) is 0 Å². The van der Waals surface area contributed by atoms with E-state index >= 15 is 0 Å². The van der Waals surface area contributed by atoms with Crippen molar-refractivity contribution in [2.45, 2.75) is 26.8 Å². The number of oxazole rings is 6. The number of aliphatic hydroxyl groups is 1. The summed E-state index contributed by atoms with van der Waals surface area (Å²) in [7, 11) is 0. The SMILES string of the molecule is CC1=N/C(=C(/C)O)c2nc(co2)-c2nc(co2)-c2nc(co2)-c2nc(co2)-c2nc(co2)C2=NC(CS2)c2nc1c(C)o2. The highest BCUT2D eigenvalue weighted by Gasteiger charge is 2.29. The summed E-state index contributed by atoms with van der Waals surface area (Å²) in [6.45, 7) is 5.02. The summed E-state index contributed by atoms with van der Waals surface area (Å²) < 4.78 is 34.1. The molecule has 0 saturated carbocycles. The fourth-order valence-electron chi connectivity index (χ4n) is 4.48. The van der Waals surface area contributed by atoms with Crippen LogP contribution in [0.15, 0.2) is 73.6 Å². The van der Waals surface area contributed by atoms with Gasteiger partial charge in [0.2, 0.25) is 35.3 Å². The smallest absolute Gasteiger partial charge is 0.249 e. The normalized spacial score (nSPS) is 17.4. The van der Waals surface area contributed by atoms with Gasteiger partial charge in [-0.3, -0.25) is 4.99 Å². The molecule has 214 valence electrons. The molecule has 16 heteroatoms. The molecule has 0 aromatic carbocycles. The standard InChI is InChI=1S/C27H18N8O7S/c1-10-19-12(3)42-25(35-19)18-9-43-27(34-18)17-8-40-24(33-17)15-6-38-22(31-15)13-4-37-21(29-13)14-5-39-23(30-14)16-7-41-26(32-16)20(28-10)11(2)36/h4-8,18,36H,9H2,1-3H3/b20-11-,28-10?. The van der Waals surface area contributed by atoms with E-state index in [1.165, 1.54) is 50.0 Å². The third kappa shape index (κ3) is 4.30. The van der Waals surface area contributed by atoms with Crippen molar-refractivity contribution < 1.29 is 31.6 Å². The molecular weight excluding hydrogens is 580 g/mol. The lowest BCUT2D eigenvalue weighted by molar-refractivity contribution is 0.412. The first kappa shape index (κ1) is 25.2.